The summed E-state index contributed by atoms with van der Waals surface area (Å²) in [4.78, 5) is 0. The fourth-order valence-electron chi connectivity index (χ4n) is 2.77. The van der Waals surface area contributed by atoms with E-state index in [-0.39, 0.29) is 0 Å². The normalized spacial score (nSPS) is 20.4. The van der Waals surface area contributed by atoms with Gasteiger partial charge in [-0.25, -0.2) is 0 Å². The fourth-order valence-corrected chi connectivity index (χ4v) is 3.26. The van der Waals surface area contributed by atoms with Crippen molar-refractivity contribution in [3.05, 3.63) is 63.6 Å². The largest absolute Gasteiger partial charge is 0.381 e. The molecular weight excluding hydrogens is 324 g/mol. The van der Waals surface area contributed by atoms with E-state index in [0.29, 0.717) is 17.5 Å². The highest BCUT2D eigenvalue weighted by Gasteiger charge is 2.30. The topological polar surface area (TPSA) is 35.8 Å². The second-order valence-corrected chi connectivity index (χ2v) is 6.58. The van der Waals surface area contributed by atoms with Crippen LogP contribution in [-0.4, -0.2) is 6.04 Å². The summed E-state index contributed by atoms with van der Waals surface area (Å²) in [5.41, 5.74) is 4.51. The third-order valence-electron chi connectivity index (χ3n) is 4.14. The molecule has 1 aliphatic rings. The lowest BCUT2D eigenvalue weighted by Crippen LogP contribution is -2.34. The van der Waals surface area contributed by atoms with Crippen molar-refractivity contribution in [2.24, 2.45) is 0 Å². The first-order valence-corrected chi connectivity index (χ1v) is 7.98. The Balaban J connectivity index is 1.60. The van der Waals surface area contributed by atoms with Gasteiger partial charge in [-0.3, -0.25) is 0 Å². The average Bonchev–Trinajstić information content (AvgIpc) is 2.45. The van der Waals surface area contributed by atoms with Crippen molar-refractivity contribution >= 4 is 21.6 Å². The summed E-state index contributed by atoms with van der Waals surface area (Å²) in [6.45, 7) is 2.12. The second kappa shape index (κ2) is 5.91. The van der Waals surface area contributed by atoms with Crippen LogP contribution in [0.4, 0.5) is 5.69 Å². The molecule has 106 valence electrons. The molecule has 1 fully saturated rings. The highest BCUT2D eigenvalue weighted by Crippen LogP contribution is 2.39. The van der Waals surface area contributed by atoms with Gasteiger partial charge in [-0.15, -0.1) is 0 Å². The van der Waals surface area contributed by atoms with Crippen LogP contribution >= 0.6 is 15.9 Å². The molecule has 0 aliphatic heterocycles. The van der Waals surface area contributed by atoms with Crippen molar-refractivity contribution in [2.45, 2.75) is 31.7 Å². The molecule has 0 bridgehead atoms. The van der Waals surface area contributed by atoms with Crippen LogP contribution in [0.5, 0.6) is 0 Å². The van der Waals surface area contributed by atoms with Crippen molar-refractivity contribution in [3.8, 4) is 6.07 Å². The number of anilines is 1. The Labute approximate surface area is 133 Å². The average molecular weight is 341 g/mol. The molecule has 0 amide bonds. The van der Waals surface area contributed by atoms with Gasteiger partial charge in [0.25, 0.3) is 0 Å². The van der Waals surface area contributed by atoms with Gasteiger partial charge in [-0.1, -0.05) is 29.8 Å². The zero-order chi connectivity index (χ0) is 14.8. The highest BCUT2D eigenvalue weighted by atomic mass is 79.9. The molecule has 1 N–H and O–H groups in total. The van der Waals surface area contributed by atoms with E-state index >= 15 is 0 Å². The van der Waals surface area contributed by atoms with E-state index in [9.17, 15) is 0 Å². The maximum atomic E-state index is 8.88. The highest BCUT2D eigenvalue weighted by molar-refractivity contribution is 9.10. The molecule has 3 rings (SSSR count). The van der Waals surface area contributed by atoms with E-state index in [0.717, 1.165) is 23.0 Å². The first-order valence-electron chi connectivity index (χ1n) is 7.18. The summed E-state index contributed by atoms with van der Waals surface area (Å²) in [6.07, 6.45) is 2.32. The quantitative estimate of drug-likeness (QED) is 0.854. The molecule has 1 saturated carbocycles. The van der Waals surface area contributed by atoms with Gasteiger partial charge in [-0.2, -0.15) is 5.26 Å². The van der Waals surface area contributed by atoms with Gasteiger partial charge in [0.1, 0.15) is 0 Å². The predicted octanol–water partition coefficient (Wildman–Crippen LogP) is 4.99. The first-order chi connectivity index (χ1) is 10.2. The Hall–Kier alpha value is -1.79. The van der Waals surface area contributed by atoms with Gasteiger partial charge in [-0.05, 0) is 65.4 Å². The summed E-state index contributed by atoms with van der Waals surface area (Å²) in [6, 6.07) is 17.2. The predicted molar refractivity (Wildman–Crippen MR) is 89.4 cm³/mol. The van der Waals surface area contributed by atoms with Crippen LogP contribution in [0.1, 0.15) is 35.4 Å². The number of nitrogens with one attached hydrogen (secondary N) is 1. The lowest BCUT2D eigenvalue weighted by molar-refractivity contribution is 0.374. The first kappa shape index (κ1) is 14.2. The van der Waals surface area contributed by atoms with Gasteiger partial charge in [0.15, 0.2) is 0 Å². The molecule has 2 nitrogen and oxygen atoms in total. The summed E-state index contributed by atoms with van der Waals surface area (Å²) < 4.78 is 0.959. The van der Waals surface area contributed by atoms with Crippen LogP contribution in [-0.2, 0) is 0 Å². The number of hydrogen-bond acceptors (Lipinski definition) is 2. The zero-order valence-electron chi connectivity index (χ0n) is 11.9. The standard InChI is InChI=1S/C18H17BrN2/c1-12-2-5-14(6-3-12)15-9-16(10-15)21-18-7-4-13(11-20)8-17(18)19/h2-8,15-16,21H,9-10H2,1H3. The van der Waals surface area contributed by atoms with Crippen molar-refractivity contribution < 1.29 is 0 Å². The molecule has 1 aliphatic carbocycles. The Kier molecular flexibility index (Phi) is 3.98. The molecular formula is C18H17BrN2. The molecule has 0 saturated heterocycles. The SMILES string of the molecule is Cc1ccc(C2CC(Nc3ccc(C#N)cc3Br)C2)cc1. The number of hydrogen-bond donors (Lipinski definition) is 1. The van der Waals surface area contributed by atoms with E-state index in [1.54, 1.807) is 0 Å². The summed E-state index contributed by atoms with van der Waals surface area (Å²) in [5.74, 6) is 0.667. The Morgan fingerprint density at radius 1 is 1.14 bits per heavy atom. The van der Waals surface area contributed by atoms with Crippen molar-refractivity contribution in [3.63, 3.8) is 0 Å². The molecule has 21 heavy (non-hydrogen) atoms. The van der Waals surface area contributed by atoms with Gasteiger partial charge in [0.2, 0.25) is 0 Å². The van der Waals surface area contributed by atoms with E-state index in [4.69, 9.17) is 5.26 Å². The van der Waals surface area contributed by atoms with Crippen LogP contribution in [0.15, 0.2) is 46.9 Å². The number of nitrogens with zero attached hydrogens (tertiary/aromatic N) is 1. The third-order valence-corrected chi connectivity index (χ3v) is 4.80. The molecule has 0 radical (unpaired) electrons. The van der Waals surface area contributed by atoms with Crippen LogP contribution < -0.4 is 5.32 Å². The second-order valence-electron chi connectivity index (χ2n) is 5.73. The van der Waals surface area contributed by atoms with E-state index in [2.05, 4.69) is 58.5 Å². The van der Waals surface area contributed by atoms with Gasteiger partial charge < -0.3 is 5.32 Å². The summed E-state index contributed by atoms with van der Waals surface area (Å²) in [7, 11) is 0. The molecule has 0 spiro atoms. The number of halogens is 1. The molecule has 2 aromatic rings. The minimum absolute atomic E-state index is 0.514. The monoisotopic (exact) mass is 340 g/mol. The smallest absolute Gasteiger partial charge is 0.0992 e. The van der Waals surface area contributed by atoms with Gasteiger partial charge in [0, 0.05) is 16.2 Å². The Morgan fingerprint density at radius 3 is 2.48 bits per heavy atom. The van der Waals surface area contributed by atoms with Crippen molar-refractivity contribution in [2.75, 3.05) is 5.32 Å². The van der Waals surface area contributed by atoms with Crippen LogP contribution in [0, 0.1) is 18.3 Å². The third kappa shape index (κ3) is 3.11. The van der Waals surface area contributed by atoms with E-state index < -0.39 is 0 Å². The van der Waals surface area contributed by atoms with Crippen LogP contribution in [0.3, 0.4) is 0 Å². The number of nitriles is 1. The summed E-state index contributed by atoms with van der Waals surface area (Å²) >= 11 is 3.52. The number of aryl methyl sites for hydroxylation is 1. The maximum absolute atomic E-state index is 8.88. The lowest BCUT2D eigenvalue weighted by atomic mass is 9.75. The zero-order valence-corrected chi connectivity index (χ0v) is 13.5. The minimum Gasteiger partial charge on any atom is -0.381 e. The van der Waals surface area contributed by atoms with E-state index in [1.165, 1.54) is 11.1 Å². The van der Waals surface area contributed by atoms with Gasteiger partial charge >= 0.3 is 0 Å². The maximum Gasteiger partial charge on any atom is 0.0992 e. The number of rotatable bonds is 3. The number of benzene rings is 2. The summed E-state index contributed by atoms with van der Waals surface area (Å²) in [5, 5.41) is 12.4. The molecule has 0 atom stereocenters. The molecule has 0 heterocycles. The van der Waals surface area contributed by atoms with Crippen molar-refractivity contribution in [1.82, 2.24) is 0 Å². The lowest BCUT2D eigenvalue weighted by Gasteiger charge is -2.37. The molecule has 0 aromatic heterocycles. The Bertz CT molecular complexity index is 679. The van der Waals surface area contributed by atoms with Gasteiger partial charge in [0.05, 0.1) is 11.6 Å². The Morgan fingerprint density at radius 2 is 1.86 bits per heavy atom. The molecule has 3 heteroatoms. The van der Waals surface area contributed by atoms with E-state index in [1.807, 2.05) is 18.2 Å². The van der Waals surface area contributed by atoms with Crippen LogP contribution in [0.25, 0.3) is 0 Å². The van der Waals surface area contributed by atoms with Crippen molar-refractivity contribution in [1.29, 1.82) is 5.26 Å². The van der Waals surface area contributed by atoms with Crippen LogP contribution in [0.2, 0.25) is 0 Å². The minimum atomic E-state index is 0.514. The molecule has 0 unspecified atom stereocenters. The fraction of sp³-hybridized carbons (Fsp3) is 0.278. The molecule has 2 aromatic carbocycles.